The van der Waals surface area contributed by atoms with Crippen molar-refractivity contribution in [2.75, 3.05) is 7.11 Å². The fourth-order valence-electron chi connectivity index (χ4n) is 5.16. The molecule has 31 heavy (non-hydrogen) atoms. The minimum atomic E-state index is -0.725. The molecule has 2 atom stereocenters. The molecule has 0 radical (unpaired) electrons. The average molecular weight is 428 g/mol. The Kier molecular flexibility index (Phi) is 5.96. The van der Waals surface area contributed by atoms with E-state index in [1.807, 2.05) is 0 Å². The standard InChI is InChI=1S/C22H22F2N4O.CH4O/c1-21(2)14-6-8-22(21,20-27-9-7-12(11-29)28-20)19(26)13(14)10-17(25)18-15(23)4-3-5-16(18)24;1-2/h3-5,7,9-11,14H,6,8,25-26H2,1-2H3;2H,1H3/b17-10-;/t14-,22+;/m0./s1. The van der Waals surface area contributed by atoms with Crippen LogP contribution in [0.5, 0.6) is 0 Å². The molecule has 1 aromatic carbocycles. The van der Waals surface area contributed by atoms with Crippen molar-refractivity contribution in [1.82, 2.24) is 9.97 Å². The highest BCUT2D eigenvalue weighted by molar-refractivity contribution is 5.72. The van der Waals surface area contributed by atoms with Crippen LogP contribution in [-0.2, 0) is 5.41 Å². The molecule has 0 amide bonds. The van der Waals surface area contributed by atoms with Crippen LogP contribution < -0.4 is 11.5 Å². The van der Waals surface area contributed by atoms with Gasteiger partial charge in [0.15, 0.2) is 6.29 Å². The van der Waals surface area contributed by atoms with Gasteiger partial charge in [0.25, 0.3) is 0 Å². The molecule has 2 aromatic rings. The van der Waals surface area contributed by atoms with Gasteiger partial charge in [0, 0.05) is 24.7 Å². The molecule has 0 saturated heterocycles. The van der Waals surface area contributed by atoms with E-state index >= 15 is 0 Å². The van der Waals surface area contributed by atoms with E-state index in [4.69, 9.17) is 16.6 Å². The first kappa shape index (κ1) is 22.6. The summed E-state index contributed by atoms with van der Waals surface area (Å²) in [6.07, 6.45) is 5.34. The van der Waals surface area contributed by atoms with Crippen molar-refractivity contribution in [1.29, 1.82) is 0 Å². The van der Waals surface area contributed by atoms with E-state index in [0.29, 0.717) is 17.8 Å². The highest BCUT2D eigenvalue weighted by atomic mass is 19.1. The second-order valence-electron chi connectivity index (χ2n) is 8.21. The summed E-state index contributed by atoms with van der Waals surface area (Å²) >= 11 is 0. The largest absolute Gasteiger partial charge is 0.401 e. The fourth-order valence-corrected chi connectivity index (χ4v) is 5.16. The van der Waals surface area contributed by atoms with Gasteiger partial charge in [-0.2, -0.15) is 0 Å². The van der Waals surface area contributed by atoms with Crippen molar-refractivity contribution in [2.24, 2.45) is 22.8 Å². The molecule has 164 valence electrons. The highest BCUT2D eigenvalue weighted by Crippen LogP contribution is 2.67. The predicted octanol–water partition coefficient (Wildman–Crippen LogP) is 3.08. The number of rotatable bonds is 4. The molecule has 5 N–H and O–H groups in total. The van der Waals surface area contributed by atoms with Crippen LogP contribution in [-0.4, -0.2) is 28.5 Å². The van der Waals surface area contributed by atoms with Gasteiger partial charge in [-0.1, -0.05) is 19.9 Å². The number of nitrogens with two attached hydrogens (primary N) is 2. The Bertz CT molecular complexity index is 1060. The van der Waals surface area contributed by atoms with Gasteiger partial charge < -0.3 is 16.6 Å². The Balaban J connectivity index is 0.00000132. The Labute approximate surface area is 179 Å². The molecular weight excluding hydrogens is 402 g/mol. The third-order valence-electron chi connectivity index (χ3n) is 6.67. The summed E-state index contributed by atoms with van der Waals surface area (Å²) < 4.78 is 28.3. The summed E-state index contributed by atoms with van der Waals surface area (Å²) in [5, 5.41) is 7.00. The molecule has 1 heterocycles. The fraction of sp³-hybridized carbons (Fsp3) is 0.348. The number of carbonyl (C=O) groups excluding carboxylic acids is 1. The molecular formula is C23H26F2N4O2. The lowest BCUT2D eigenvalue weighted by molar-refractivity contribution is 0.111. The van der Waals surface area contributed by atoms with Crippen molar-refractivity contribution < 1.29 is 18.7 Å². The number of aliphatic hydroxyl groups excluding tert-OH is 1. The summed E-state index contributed by atoms with van der Waals surface area (Å²) in [6.45, 7) is 4.16. The van der Waals surface area contributed by atoms with E-state index in [2.05, 4.69) is 23.8 Å². The molecule has 1 aromatic heterocycles. The molecule has 0 aliphatic heterocycles. The molecule has 6 nitrogen and oxygen atoms in total. The summed E-state index contributed by atoms with van der Waals surface area (Å²) in [6, 6.07) is 5.17. The number of benzene rings is 1. The molecule has 1 saturated carbocycles. The summed E-state index contributed by atoms with van der Waals surface area (Å²) in [5.41, 5.74) is 13.0. The van der Waals surface area contributed by atoms with Crippen LogP contribution in [0.15, 0.2) is 47.8 Å². The third-order valence-corrected chi connectivity index (χ3v) is 6.67. The van der Waals surface area contributed by atoms with Crippen LogP contribution >= 0.6 is 0 Å². The zero-order valence-corrected chi connectivity index (χ0v) is 17.7. The number of aldehydes is 1. The molecule has 1 fully saturated rings. The third kappa shape index (κ3) is 3.22. The van der Waals surface area contributed by atoms with Crippen LogP contribution in [0.3, 0.4) is 0 Å². The number of hydrogen-bond acceptors (Lipinski definition) is 6. The lowest BCUT2D eigenvalue weighted by atomic mass is 9.67. The number of allylic oxidation sites excluding steroid dienone is 3. The predicted molar refractivity (Wildman–Crippen MR) is 113 cm³/mol. The van der Waals surface area contributed by atoms with Gasteiger partial charge in [-0.05, 0) is 54.0 Å². The van der Waals surface area contributed by atoms with E-state index in [0.717, 1.165) is 25.5 Å². The van der Waals surface area contributed by atoms with Gasteiger partial charge in [-0.25, -0.2) is 18.7 Å². The number of halogens is 2. The van der Waals surface area contributed by atoms with E-state index in [1.165, 1.54) is 18.2 Å². The lowest BCUT2D eigenvalue weighted by Crippen LogP contribution is -2.41. The van der Waals surface area contributed by atoms with Crippen LogP contribution in [0, 0.1) is 23.0 Å². The quantitative estimate of drug-likeness (QED) is 0.645. The minimum Gasteiger partial charge on any atom is -0.401 e. The van der Waals surface area contributed by atoms with Gasteiger partial charge >= 0.3 is 0 Å². The first-order valence-corrected chi connectivity index (χ1v) is 9.89. The minimum absolute atomic E-state index is 0.0142. The second-order valence-corrected chi connectivity index (χ2v) is 8.21. The molecule has 2 aliphatic carbocycles. The summed E-state index contributed by atoms with van der Waals surface area (Å²) in [5.74, 6) is -0.931. The zero-order chi connectivity index (χ0) is 23.0. The second kappa shape index (κ2) is 8.19. The van der Waals surface area contributed by atoms with Crippen molar-refractivity contribution in [3.63, 3.8) is 0 Å². The monoisotopic (exact) mass is 428 g/mol. The molecule has 2 aliphatic rings. The first-order chi connectivity index (χ1) is 14.7. The Morgan fingerprint density at radius 2 is 1.87 bits per heavy atom. The molecule has 0 spiro atoms. The van der Waals surface area contributed by atoms with Crippen LogP contribution in [0.2, 0.25) is 0 Å². The number of aromatic nitrogens is 2. The Morgan fingerprint density at radius 3 is 2.48 bits per heavy atom. The van der Waals surface area contributed by atoms with Crippen molar-refractivity contribution in [3.8, 4) is 0 Å². The number of carbonyl (C=O) groups is 1. The number of nitrogens with zero attached hydrogens (tertiary/aromatic N) is 2. The van der Waals surface area contributed by atoms with Gasteiger partial charge in [0.2, 0.25) is 0 Å². The Morgan fingerprint density at radius 1 is 1.23 bits per heavy atom. The van der Waals surface area contributed by atoms with Gasteiger partial charge in [-0.3, -0.25) is 4.79 Å². The molecule has 0 unspecified atom stereocenters. The normalized spacial score (nSPS) is 24.1. The van der Waals surface area contributed by atoms with Gasteiger partial charge in [0.1, 0.15) is 23.2 Å². The number of hydrogen-bond donors (Lipinski definition) is 3. The van der Waals surface area contributed by atoms with Gasteiger partial charge in [-0.15, -0.1) is 0 Å². The topological polar surface area (TPSA) is 115 Å². The van der Waals surface area contributed by atoms with E-state index in [1.54, 1.807) is 18.3 Å². The number of fused-ring (bicyclic) bond motifs is 2. The summed E-state index contributed by atoms with van der Waals surface area (Å²) in [4.78, 5) is 20.1. The maximum Gasteiger partial charge on any atom is 0.168 e. The van der Waals surface area contributed by atoms with Crippen LogP contribution in [0.25, 0.3) is 5.70 Å². The maximum absolute atomic E-state index is 14.2. The van der Waals surface area contributed by atoms with Crippen molar-refractivity contribution in [3.05, 3.63) is 76.5 Å². The highest BCUT2D eigenvalue weighted by Gasteiger charge is 2.64. The van der Waals surface area contributed by atoms with Crippen molar-refractivity contribution >= 4 is 12.0 Å². The maximum atomic E-state index is 14.2. The summed E-state index contributed by atoms with van der Waals surface area (Å²) in [7, 11) is 1.00. The smallest absolute Gasteiger partial charge is 0.168 e. The average Bonchev–Trinajstić information content (AvgIpc) is 3.11. The SMILES string of the molecule is CC1(C)[C@H]2CC[C@]1(c1nccc(C=O)n1)C(N)=C2/C=C(\N)c1c(F)cccc1F.CO. The molecule has 4 rings (SSSR count). The molecule has 2 bridgehead atoms. The van der Waals surface area contributed by atoms with Crippen LogP contribution in [0.4, 0.5) is 8.78 Å². The van der Waals surface area contributed by atoms with E-state index in [-0.39, 0.29) is 28.3 Å². The van der Waals surface area contributed by atoms with E-state index in [9.17, 15) is 13.6 Å². The van der Waals surface area contributed by atoms with Crippen molar-refractivity contribution in [2.45, 2.75) is 32.1 Å². The van der Waals surface area contributed by atoms with E-state index < -0.39 is 17.0 Å². The first-order valence-electron chi connectivity index (χ1n) is 9.89. The van der Waals surface area contributed by atoms with Gasteiger partial charge in [0.05, 0.1) is 11.0 Å². The Hall–Kier alpha value is -3.13. The number of aliphatic hydroxyl groups is 1. The lowest BCUT2D eigenvalue weighted by Gasteiger charge is -2.37. The molecule has 8 heteroatoms. The van der Waals surface area contributed by atoms with Crippen LogP contribution in [0.1, 0.15) is 48.6 Å². The zero-order valence-electron chi connectivity index (χ0n) is 17.7.